The van der Waals surface area contributed by atoms with Crippen LogP contribution in [0.5, 0.6) is 0 Å². The van der Waals surface area contributed by atoms with E-state index in [4.69, 9.17) is 10.2 Å². The Morgan fingerprint density at radius 3 is 2.94 bits per heavy atom. The van der Waals surface area contributed by atoms with Gasteiger partial charge in [0.25, 0.3) is 0 Å². The zero-order valence-electron chi connectivity index (χ0n) is 10.3. The van der Waals surface area contributed by atoms with Gasteiger partial charge in [-0.05, 0) is 18.2 Å². The number of rotatable bonds is 3. The standard InChI is InChI=1S/C12H15N3O3/c1-7(6-13)11(16)15(2)8-3-4-10-9(5-8)14-12(17)18-10/h3-5,7H,6,13H2,1-2H3,(H,14,17). The Hall–Kier alpha value is -2.08. The van der Waals surface area contributed by atoms with Gasteiger partial charge in [0, 0.05) is 25.2 Å². The van der Waals surface area contributed by atoms with E-state index >= 15 is 0 Å². The van der Waals surface area contributed by atoms with E-state index < -0.39 is 5.76 Å². The number of nitrogens with one attached hydrogen (secondary N) is 1. The molecule has 1 aromatic heterocycles. The Bertz CT molecular complexity index is 629. The van der Waals surface area contributed by atoms with Crippen LogP contribution in [0.4, 0.5) is 5.69 Å². The Labute approximate surface area is 103 Å². The van der Waals surface area contributed by atoms with Gasteiger partial charge in [0.05, 0.1) is 5.52 Å². The van der Waals surface area contributed by atoms with Crippen molar-refractivity contribution < 1.29 is 9.21 Å². The zero-order chi connectivity index (χ0) is 13.3. The minimum absolute atomic E-state index is 0.0670. The highest BCUT2D eigenvalue weighted by Crippen LogP contribution is 2.20. The van der Waals surface area contributed by atoms with E-state index in [1.807, 2.05) is 0 Å². The number of fused-ring (bicyclic) bond motifs is 1. The molecule has 1 unspecified atom stereocenters. The van der Waals surface area contributed by atoms with E-state index in [2.05, 4.69) is 4.98 Å². The monoisotopic (exact) mass is 249 g/mol. The molecular weight excluding hydrogens is 234 g/mol. The van der Waals surface area contributed by atoms with Crippen molar-refractivity contribution in [1.29, 1.82) is 0 Å². The normalized spacial score (nSPS) is 12.6. The number of nitrogens with zero attached hydrogens (tertiary/aromatic N) is 1. The molecule has 0 aliphatic carbocycles. The predicted octanol–water partition coefficient (Wildman–Crippen LogP) is 0.679. The quantitative estimate of drug-likeness (QED) is 0.836. The molecule has 0 aliphatic heterocycles. The lowest BCUT2D eigenvalue weighted by Gasteiger charge is -2.20. The molecular formula is C12H15N3O3. The maximum atomic E-state index is 12.0. The number of hydrogen-bond acceptors (Lipinski definition) is 4. The van der Waals surface area contributed by atoms with E-state index in [1.54, 1.807) is 32.2 Å². The van der Waals surface area contributed by atoms with Crippen molar-refractivity contribution in [2.24, 2.45) is 11.7 Å². The van der Waals surface area contributed by atoms with Gasteiger partial charge >= 0.3 is 5.76 Å². The van der Waals surface area contributed by atoms with Crippen molar-refractivity contribution in [2.45, 2.75) is 6.92 Å². The van der Waals surface area contributed by atoms with Gasteiger partial charge in [0.1, 0.15) is 0 Å². The molecule has 0 saturated heterocycles. The van der Waals surface area contributed by atoms with E-state index in [0.717, 1.165) is 0 Å². The number of hydrogen-bond donors (Lipinski definition) is 2. The molecule has 1 amide bonds. The third-order valence-corrected chi connectivity index (χ3v) is 2.90. The van der Waals surface area contributed by atoms with Gasteiger partial charge in [-0.3, -0.25) is 9.78 Å². The van der Waals surface area contributed by atoms with Gasteiger partial charge in [-0.2, -0.15) is 0 Å². The molecule has 0 saturated carbocycles. The van der Waals surface area contributed by atoms with Crippen LogP contribution in [0, 0.1) is 5.92 Å². The number of carbonyl (C=O) groups is 1. The number of nitrogens with two attached hydrogens (primary N) is 1. The van der Waals surface area contributed by atoms with Crippen LogP contribution in [0.3, 0.4) is 0 Å². The van der Waals surface area contributed by atoms with Crippen molar-refractivity contribution in [2.75, 3.05) is 18.5 Å². The minimum Gasteiger partial charge on any atom is -0.408 e. The fraction of sp³-hybridized carbons (Fsp3) is 0.333. The van der Waals surface area contributed by atoms with Crippen LogP contribution < -0.4 is 16.4 Å². The van der Waals surface area contributed by atoms with Crippen LogP contribution in [0.25, 0.3) is 11.1 Å². The molecule has 6 heteroatoms. The summed E-state index contributed by atoms with van der Waals surface area (Å²) in [6.07, 6.45) is 0. The highest BCUT2D eigenvalue weighted by molar-refractivity contribution is 5.96. The highest BCUT2D eigenvalue weighted by Gasteiger charge is 2.17. The molecule has 1 heterocycles. The summed E-state index contributed by atoms with van der Waals surface area (Å²) in [5, 5.41) is 0. The summed E-state index contributed by atoms with van der Waals surface area (Å²) in [7, 11) is 1.67. The van der Waals surface area contributed by atoms with Gasteiger partial charge < -0.3 is 15.1 Å². The lowest BCUT2D eigenvalue weighted by atomic mass is 10.1. The van der Waals surface area contributed by atoms with Crippen LogP contribution in [0.15, 0.2) is 27.4 Å². The largest absolute Gasteiger partial charge is 0.417 e. The molecule has 1 atom stereocenters. The number of aromatic nitrogens is 1. The Balaban J connectivity index is 2.35. The summed E-state index contributed by atoms with van der Waals surface area (Å²) in [5.41, 5.74) is 7.19. The van der Waals surface area contributed by atoms with Crippen molar-refractivity contribution in [3.63, 3.8) is 0 Å². The van der Waals surface area contributed by atoms with Crippen molar-refractivity contribution >= 4 is 22.7 Å². The summed E-state index contributed by atoms with van der Waals surface area (Å²) in [5.74, 6) is -0.816. The second-order valence-corrected chi connectivity index (χ2v) is 4.23. The average Bonchev–Trinajstić information content (AvgIpc) is 2.74. The molecule has 0 radical (unpaired) electrons. The van der Waals surface area contributed by atoms with Crippen molar-refractivity contribution in [3.05, 3.63) is 28.7 Å². The van der Waals surface area contributed by atoms with Crippen molar-refractivity contribution in [3.8, 4) is 0 Å². The highest BCUT2D eigenvalue weighted by atomic mass is 16.4. The van der Waals surface area contributed by atoms with E-state index in [1.165, 1.54) is 4.90 Å². The maximum Gasteiger partial charge on any atom is 0.417 e. The molecule has 1 aromatic carbocycles. The number of amides is 1. The van der Waals surface area contributed by atoms with Gasteiger partial charge in [-0.15, -0.1) is 0 Å². The van der Waals surface area contributed by atoms with Crippen LogP contribution in [0.2, 0.25) is 0 Å². The fourth-order valence-electron chi connectivity index (χ4n) is 1.71. The fourth-order valence-corrected chi connectivity index (χ4v) is 1.71. The van der Waals surface area contributed by atoms with E-state index in [9.17, 15) is 9.59 Å². The molecule has 6 nitrogen and oxygen atoms in total. The van der Waals surface area contributed by atoms with Crippen molar-refractivity contribution in [1.82, 2.24) is 4.98 Å². The summed E-state index contributed by atoms with van der Waals surface area (Å²) >= 11 is 0. The third kappa shape index (κ3) is 2.14. The molecule has 96 valence electrons. The van der Waals surface area contributed by atoms with Crippen LogP contribution >= 0.6 is 0 Å². The Morgan fingerprint density at radius 2 is 2.28 bits per heavy atom. The minimum atomic E-state index is -0.508. The number of H-pyrrole nitrogens is 1. The first-order chi connectivity index (χ1) is 8.52. The lowest BCUT2D eigenvalue weighted by molar-refractivity contribution is -0.121. The zero-order valence-corrected chi connectivity index (χ0v) is 10.3. The second kappa shape index (κ2) is 4.66. The number of aromatic amines is 1. The van der Waals surface area contributed by atoms with Gasteiger partial charge in [0.2, 0.25) is 5.91 Å². The maximum absolute atomic E-state index is 12.0. The smallest absolute Gasteiger partial charge is 0.408 e. The summed E-state index contributed by atoms with van der Waals surface area (Å²) < 4.78 is 4.90. The predicted molar refractivity (Wildman–Crippen MR) is 68.5 cm³/mol. The van der Waals surface area contributed by atoms with Crippen LogP contribution in [-0.4, -0.2) is 24.5 Å². The number of benzene rings is 1. The van der Waals surface area contributed by atoms with E-state index in [-0.39, 0.29) is 11.8 Å². The molecule has 18 heavy (non-hydrogen) atoms. The van der Waals surface area contributed by atoms with Gasteiger partial charge in [-0.1, -0.05) is 6.92 Å². The Kier molecular flexibility index (Phi) is 3.20. The van der Waals surface area contributed by atoms with Gasteiger partial charge in [-0.25, -0.2) is 4.79 Å². The summed E-state index contributed by atoms with van der Waals surface area (Å²) in [6.45, 7) is 2.07. The van der Waals surface area contributed by atoms with Crippen LogP contribution in [-0.2, 0) is 4.79 Å². The molecule has 2 aromatic rings. The summed E-state index contributed by atoms with van der Waals surface area (Å²) in [4.78, 5) is 27.1. The molecule has 0 bridgehead atoms. The second-order valence-electron chi connectivity index (χ2n) is 4.23. The molecule has 0 fully saturated rings. The number of anilines is 1. The molecule has 0 spiro atoms. The number of carbonyl (C=O) groups excluding carboxylic acids is 1. The Morgan fingerprint density at radius 1 is 1.56 bits per heavy atom. The van der Waals surface area contributed by atoms with E-state index in [0.29, 0.717) is 23.3 Å². The molecule has 2 rings (SSSR count). The third-order valence-electron chi connectivity index (χ3n) is 2.90. The number of oxazole rings is 1. The van der Waals surface area contributed by atoms with Gasteiger partial charge in [0.15, 0.2) is 5.58 Å². The topological polar surface area (TPSA) is 92.3 Å². The first-order valence-corrected chi connectivity index (χ1v) is 5.63. The first kappa shape index (κ1) is 12.4. The van der Waals surface area contributed by atoms with Crippen LogP contribution in [0.1, 0.15) is 6.92 Å². The molecule has 3 N–H and O–H groups in total. The summed E-state index contributed by atoms with van der Waals surface area (Å²) in [6, 6.07) is 5.07. The average molecular weight is 249 g/mol. The molecule has 0 aliphatic rings. The SMILES string of the molecule is CC(CN)C(=O)N(C)c1ccc2oc(=O)[nH]c2c1. The first-order valence-electron chi connectivity index (χ1n) is 5.63. The lowest BCUT2D eigenvalue weighted by Crippen LogP contribution is -2.35.